The molecule has 140 valence electrons. The number of ether oxygens (including phenoxy) is 2. The highest BCUT2D eigenvalue weighted by Crippen LogP contribution is 2.29. The number of nitrogens with one attached hydrogen (secondary N) is 1. The molecule has 4 heteroatoms. The number of rotatable bonds is 9. The van der Waals surface area contributed by atoms with E-state index in [4.69, 9.17) is 9.47 Å². The minimum atomic E-state index is 0.00224. The van der Waals surface area contributed by atoms with Gasteiger partial charge in [0.15, 0.2) is 11.5 Å². The van der Waals surface area contributed by atoms with Crippen molar-refractivity contribution >= 4 is 5.91 Å². The maximum atomic E-state index is 12.3. The lowest BCUT2D eigenvalue weighted by Gasteiger charge is -2.15. The number of hydrogen-bond acceptors (Lipinski definition) is 3. The van der Waals surface area contributed by atoms with E-state index in [1.54, 1.807) is 0 Å². The summed E-state index contributed by atoms with van der Waals surface area (Å²) in [6.07, 6.45) is 1.11. The molecule has 1 N–H and O–H groups in total. The molecule has 2 aromatic carbocycles. The number of amides is 1. The molecule has 2 aromatic rings. The van der Waals surface area contributed by atoms with Crippen molar-refractivity contribution in [1.82, 2.24) is 5.32 Å². The lowest BCUT2D eigenvalue weighted by Crippen LogP contribution is -2.26. The summed E-state index contributed by atoms with van der Waals surface area (Å²) in [5, 5.41) is 3.06. The topological polar surface area (TPSA) is 47.6 Å². The van der Waals surface area contributed by atoms with E-state index in [1.807, 2.05) is 39.0 Å². The number of hydrogen-bond donors (Lipinski definition) is 1. The Labute approximate surface area is 156 Å². The minimum Gasteiger partial charge on any atom is -0.490 e. The van der Waals surface area contributed by atoms with E-state index in [1.165, 1.54) is 5.56 Å². The summed E-state index contributed by atoms with van der Waals surface area (Å²) >= 11 is 0. The zero-order valence-electron chi connectivity index (χ0n) is 16.2. The molecular weight excluding hydrogens is 326 g/mol. The van der Waals surface area contributed by atoms with Crippen LogP contribution in [-0.4, -0.2) is 19.1 Å². The first-order chi connectivity index (χ1) is 12.5. The monoisotopic (exact) mass is 355 g/mol. The largest absolute Gasteiger partial charge is 0.490 e. The molecule has 0 saturated carbocycles. The van der Waals surface area contributed by atoms with Crippen LogP contribution >= 0.6 is 0 Å². The molecule has 0 radical (unpaired) electrons. The Balaban J connectivity index is 1.91. The van der Waals surface area contributed by atoms with Crippen molar-refractivity contribution < 1.29 is 14.3 Å². The Morgan fingerprint density at radius 2 is 1.65 bits per heavy atom. The van der Waals surface area contributed by atoms with Gasteiger partial charge in [-0.2, -0.15) is 0 Å². The van der Waals surface area contributed by atoms with Gasteiger partial charge in [0.05, 0.1) is 19.3 Å². The van der Waals surface area contributed by atoms with Gasteiger partial charge in [-0.05, 0) is 57.4 Å². The van der Waals surface area contributed by atoms with E-state index in [0.717, 1.165) is 22.6 Å². The summed E-state index contributed by atoms with van der Waals surface area (Å²) in [5.74, 6) is 1.53. The van der Waals surface area contributed by atoms with Crippen LogP contribution in [0.25, 0.3) is 0 Å². The van der Waals surface area contributed by atoms with Crippen molar-refractivity contribution in [2.24, 2.45) is 0 Å². The Morgan fingerprint density at radius 3 is 2.31 bits per heavy atom. The molecule has 0 heterocycles. The van der Waals surface area contributed by atoms with Crippen LogP contribution < -0.4 is 14.8 Å². The third kappa shape index (κ3) is 5.80. The van der Waals surface area contributed by atoms with Gasteiger partial charge in [-0.3, -0.25) is 4.79 Å². The maximum Gasteiger partial charge on any atom is 0.220 e. The van der Waals surface area contributed by atoms with Crippen LogP contribution in [0.4, 0.5) is 0 Å². The van der Waals surface area contributed by atoms with Gasteiger partial charge in [0, 0.05) is 6.42 Å². The van der Waals surface area contributed by atoms with Crippen LogP contribution in [0.1, 0.15) is 49.9 Å². The molecule has 0 spiro atoms. The van der Waals surface area contributed by atoms with E-state index in [2.05, 4.69) is 36.5 Å². The molecule has 1 atom stereocenters. The fourth-order valence-corrected chi connectivity index (χ4v) is 2.76. The molecule has 0 aliphatic carbocycles. The summed E-state index contributed by atoms with van der Waals surface area (Å²) in [7, 11) is 0. The van der Waals surface area contributed by atoms with Gasteiger partial charge in [-0.1, -0.05) is 35.9 Å². The van der Waals surface area contributed by atoms with E-state index in [9.17, 15) is 4.79 Å². The van der Waals surface area contributed by atoms with E-state index >= 15 is 0 Å². The second-order valence-electron chi connectivity index (χ2n) is 6.35. The standard InChI is InChI=1S/C22H29NO3/c1-5-25-20-13-9-18(15-21(20)26-6-2)10-14-22(24)23-17(4)19-11-7-16(3)8-12-19/h7-9,11-13,15,17H,5-6,10,14H2,1-4H3,(H,23,24)/t17-/m0/s1. The number of carbonyl (C=O) groups is 1. The number of aryl methyl sites for hydroxylation is 2. The highest BCUT2D eigenvalue weighted by Gasteiger charge is 2.11. The van der Waals surface area contributed by atoms with Crippen molar-refractivity contribution in [1.29, 1.82) is 0 Å². The fourth-order valence-electron chi connectivity index (χ4n) is 2.76. The normalized spacial score (nSPS) is 11.7. The molecule has 0 aromatic heterocycles. The molecule has 0 aliphatic rings. The second kappa shape index (κ2) is 9.85. The molecule has 2 rings (SSSR count). The molecular formula is C22H29NO3. The highest BCUT2D eigenvalue weighted by atomic mass is 16.5. The predicted molar refractivity (Wildman–Crippen MR) is 105 cm³/mol. The summed E-state index contributed by atoms with van der Waals surface area (Å²) in [6.45, 7) is 9.13. The van der Waals surface area contributed by atoms with Gasteiger partial charge >= 0.3 is 0 Å². The molecule has 4 nitrogen and oxygen atoms in total. The third-order valence-corrected chi connectivity index (χ3v) is 4.20. The Hall–Kier alpha value is -2.49. The summed E-state index contributed by atoms with van der Waals surface area (Å²) in [4.78, 5) is 12.3. The molecule has 0 aliphatic heterocycles. The van der Waals surface area contributed by atoms with Crippen molar-refractivity contribution in [3.8, 4) is 11.5 Å². The predicted octanol–water partition coefficient (Wildman–Crippen LogP) is 4.60. The van der Waals surface area contributed by atoms with Crippen LogP contribution in [-0.2, 0) is 11.2 Å². The zero-order valence-corrected chi connectivity index (χ0v) is 16.2. The second-order valence-corrected chi connectivity index (χ2v) is 6.35. The third-order valence-electron chi connectivity index (χ3n) is 4.20. The van der Waals surface area contributed by atoms with Gasteiger partial charge < -0.3 is 14.8 Å². The van der Waals surface area contributed by atoms with Gasteiger partial charge in [0.25, 0.3) is 0 Å². The average Bonchev–Trinajstić information content (AvgIpc) is 2.62. The van der Waals surface area contributed by atoms with Crippen molar-refractivity contribution in [3.63, 3.8) is 0 Å². The Bertz CT molecular complexity index is 710. The maximum absolute atomic E-state index is 12.3. The fraction of sp³-hybridized carbons (Fsp3) is 0.409. The Morgan fingerprint density at radius 1 is 1.00 bits per heavy atom. The lowest BCUT2D eigenvalue weighted by molar-refractivity contribution is -0.121. The van der Waals surface area contributed by atoms with E-state index in [0.29, 0.717) is 26.1 Å². The van der Waals surface area contributed by atoms with Crippen LogP contribution in [0.15, 0.2) is 42.5 Å². The molecule has 0 fully saturated rings. The first-order valence-electron chi connectivity index (χ1n) is 9.28. The van der Waals surface area contributed by atoms with Crippen LogP contribution in [0, 0.1) is 6.92 Å². The number of carbonyl (C=O) groups excluding carboxylic acids is 1. The Kier molecular flexibility index (Phi) is 7.52. The smallest absolute Gasteiger partial charge is 0.220 e. The average molecular weight is 355 g/mol. The van der Waals surface area contributed by atoms with Gasteiger partial charge in [0.1, 0.15) is 0 Å². The van der Waals surface area contributed by atoms with E-state index in [-0.39, 0.29) is 11.9 Å². The first-order valence-corrected chi connectivity index (χ1v) is 9.28. The van der Waals surface area contributed by atoms with Crippen molar-refractivity contribution in [2.45, 2.75) is 46.6 Å². The highest BCUT2D eigenvalue weighted by molar-refractivity contribution is 5.76. The van der Waals surface area contributed by atoms with Crippen LogP contribution in [0.5, 0.6) is 11.5 Å². The molecule has 0 unspecified atom stereocenters. The summed E-state index contributed by atoms with van der Waals surface area (Å²) in [6, 6.07) is 14.1. The summed E-state index contributed by atoms with van der Waals surface area (Å²) in [5.41, 5.74) is 3.39. The van der Waals surface area contributed by atoms with E-state index < -0.39 is 0 Å². The van der Waals surface area contributed by atoms with Crippen LogP contribution in [0.2, 0.25) is 0 Å². The quantitative estimate of drug-likeness (QED) is 0.715. The first kappa shape index (κ1) is 19.8. The zero-order chi connectivity index (χ0) is 18.9. The summed E-state index contributed by atoms with van der Waals surface area (Å²) < 4.78 is 11.2. The number of benzene rings is 2. The van der Waals surface area contributed by atoms with Gasteiger partial charge in [-0.25, -0.2) is 0 Å². The molecule has 0 saturated heterocycles. The van der Waals surface area contributed by atoms with Gasteiger partial charge in [0.2, 0.25) is 5.91 Å². The van der Waals surface area contributed by atoms with Crippen molar-refractivity contribution in [3.05, 3.63) is 59.2 Å². The molecule has 1 amide bonds. The van der Waals surface area contributed by atoms with Gasteiger partial charge in [-0.15, -0.1) is 0 Å². The lowest BCUT2D eigenvalue weighted by atomic mass is 10.1. The van der Waals surface area contributed by atoms with Crippen molar-refractivity contribution in [2.75, 3.05) is 13.2 Å². The molecule has 26 heavy (non-hydrogen) atoms. The molecule has 0 bridgehead atoms. The van der Waals surface area contributed by atoms with Crippen LogP contribution in [0.3, 0.4) is 0 Å². The SMILES string of the molecule is CCOc1ccc(CCC(=O)N[C@@H](C)c2ccc(C)cc2)cc1OCC. The minimum absolute atomic E-state index is 0.00224.